The molecular formula is C20H22N8O. The molecule has 9 nitrogen and oxygen atoms in total. The van der Waals surface area contributed by atoms with E-state index in [0.717, 1.165) is 29.7 Å². The number of aryl methyl sites for hydroxylation is 2. The molecule has 0 unspecified atom stereocenters. The van der Waals surface area contributed by atoms with Gasteiger partial charge in [0.05, 0.1) is 17.8 Å². The van der Waals surface area contributed by atoms with Crippen LogP contribution in [0.5, 0.6) is 0 Å². The Hall–Kier alpha value is -3.33. The number of nitrogens with one attached hydrogen (secondary N) is 2. The molecule has 1 aliphatic rings. The summed E-state index contributed by atoms with van der Waals surface area (Å²) in [5.74, 6) is 1.28. The number of aromatic nitrogens is 6. The lowest BCUT2D eigenvalue weighted by molar-refractivity contribution is 0.468. The monoisotopic (exact) mass is 390 g/mol. The van der Waals surface area contributed by atoms with Crippen molar-refractivity contribution in [2.24, 2.45) is 0 Å². The maximum absolute atomic E-state index is 13.2. The van der Waals surface area contributed by atoms with Crippen LogP contribution < -0.4 is 16.2 Å². The Kier molecular flexibility index (Phi) is 4.24. The van der Waals surface area contributed by atoms with Crippen molar-refractivity contribution in [3.05, 3.63) is 52.3 Å². The largest absolute Gasteiger partial charge is 0.350 e. The van der Waals surface area contributed by atoms with Gasteiger partial charge in [-0.05, 0) is 19.9 Å². The van der Waals surface area contributed by atoms with E-state index >= 15 is 0 Å². The summed E-state index contributed by atoms with van der Waals surface area (Å²) in [5.41, 5.74) is 2.71. The highest BCUT2D eigenvalue weighted by Gasteiger charge is 2.21. The molecule has 0 amide bonds. The first-order valence-electron chi connectivity index (χ1n) is 9.80. The lowest BCUT2D eigenvalue weighted by Gasteiger charge is -2.28. The number of para-hydroxylation sites is 1. The van der Waals surface area contributed by atoms with Crippen LogP contribution >= 0.6 is 0 Å². The fraction of sp³-hybridized carbons (Fsp3) is 0.350. The molecule has 4 heterocycles. The third-order valence-corrected chi connectivity index (χ3v) is 5.31. The summed E-state index contributed by atoms with van der Waals surface area (Å²) in [4.78, 5) is 27.0. The van der Waals surface area contributed by atoms with Crippen molar-refractivity contribution in [1.82, 2.24) is 34.6 Å². The van der Waals surface area contributed by atoms with Crippen LogP contribution in [0.1, 0.15) is 18.4 Å². The van der Waals surface area contributed by atoms with E-state index in [0.29, 0.717) is 35.4 Å². The van der Waals surface area contributed by atoms with Crippen LogP contribution in [0, 0.1) is 6.92 Å². The number of fused-ring (bicyclic) bond motifs is 2. The minimum absolute atomic E-state index is 0.189. The molecule has 1 aromatic carbocycles. The molecule has 0 saturated carbocycles. The highest BCUT2D eigenvalue weighted by molar-refractivity contribution is 5.80. The number of rotatable bonds is 5. The summed E-state index contributed by atoms with van der Waals surface area (Å²) in [7, 11) is 0. The van der Waals surface area contributed by atoms with Crippen molar-refractivity contribution in [2.45, 2.75) is 33.0 Å². The van der Waals surface area contributed by atoms with Crippen molar-refractivity contribution in [1.29, 1.82) is 0 Å². The number of anilines is 1. The van der Waals surface area contributed by atoms with E-state index in [2.05, 4.69) is 30.7 Å². The van der Waals surface area contributed by atoms with Crippen LogP contribution in [-0.4, -0.2) is 48.4 Å². The van der Waals surface area contributed by atoms with Gasteiger partial charge in [-0.2, -0.15) is 5.10 Å². The Labute approximate surface area is 166 Å². The second kappa shape index (κ2) is 6.93. The zero-order valence-electron chi connectivity index (χ0n) is 16.4. The number of nitrogens with zero attached hydrogens (tertiary/aromatic N) is 6. The van der Waals surface area contributed by atoms with Crippen molar-refractivity contribution >= 4 is 27.9 Å². The molecule has 4 aromatic rings. The van der Waals surface area contributed by atoms with Gasteiger partial charge in [0, 0.05) is 30.7 Å². The van der Waals surface area contributed by atoms with Gasteiger partial charge < -0.3 is 15.2 Å². The molecule has 29 heavy (non-hydrogen) atoms. The van der Waals surface area contributed by atoms with Crippen molar-refractivity contribution < 1.29 is 0 Å². The molecule has 0 aliphatic carbocycles. The van der Waals surface area contributed by atoms with Gasteiger partial charge in [-0.3, -0.25) is 4.79 Å². The Morgan fingerprint density at radius 2 is 2.00 bits per heavy atom. The van der Waals surface area contributed by atoms with E-state index < -0.39 is 0 Å². The van der Waals surface area contributed by atoms with Gasteiger partial charge in [0.15, 0.2) is 5.82 Å². The highest BCUT2D eigenvalue weighted by Crippen LogP contribution is 2.18. The second-order valence-corrected chi connectivity index (χ2v) is 7.26. The Bertz CT molecular complexity index is 1270. The SMILES string of the molecule is CCn1c(NC2CNC2)nc2cnn(Cc3nc(C)c4ccccc4n3)c(=O)c21. The number of benzene rings is 1. The van der Waals surface area contributed by atoms with E-state index in [1.165, 1.54) is 4.68 Å². The van der Waals surface area contributed by atoms with Crippen LogP contribution in [0.15, 0.2) is 35.3 Å². The normalized spacial score (nSPS) is 14.4. The summed E-state index contributed by atoms with van der Waals surface area (Å²) < 4.78 is 3.33. The van der Waals surface area contributed by atoms with Crippen LogP contribution in [0.2, 0.25) is 0 Å². The van der Waals surface area contributed by atoms with Crippen LogP contribution in [0.25, 0.3) is 21.9 Å². The Morgan fingerprint density at radius 1 is 1.17 bits per heavy atom. The van der Waals surface area contributed by atoms with Crippen LogP contribution in [0.3, 0.4) is 0 Å². The van der Waals surface area contributed by atoms with E-state index in [4.69, 9.17) is 0 Å². The first-order valence-corrected chi connectivity index (χ1v) is 9.80. The van der Waals surface area contributed by atoms with Crippen molar-refractivity contribution in [3.8, 4) is 0 Å². The fourth-order valence-electron chi connectivity index (χ4n) is 3.69. The molecule has 5 rings (SSSR count). The van der Waals surface area contributed by atoms with E-state index in [1.54, 1.807) is 6.20 Å². The van der Waals surface area contributed by atoms with Gasteiger partial charge in [0.1, 0.15) is 17.6 Å². The Balaban J connectivity index is 1.55. The number of hydrogen-bond donors (Lipinski definition) is 2. The van der Waals surface area contributed by atoms with Gasteiger partial charge >= 0.3 is 0 Å². The molecule has 1 aliphatic heterocycles. The Morgan fingerprint density at radius 3 is 2.76 bits per heavy atom. The fourth-order valence-corrected chi connectivity index (χ4v) is 3.69. The zero-order valence-corrected chi connectivity index (χ0v) is 16.4. The molecule has 1 fully saturated rings. The lowest BCUT2D eigenvalue weighted by atomic mass is 10.2. The molecule has 0 spiro atoms. The molecule has 2 N–H and O–H groups in total. The smallest absolute Gasteiger partial charge is 0.293 e. The van der Waals surface area contributed by atoms with Crippen molar-refractivity contribution in [3.63, 3.8) is 0 Å². The zero-order chi connectivity index (χ0) is 20.0. The lowest BCUT2D eigenvalue weighted by Crippen LogP contribution is -2.51. The predicted molar refractivity (Wildman–Crippen MR) is 111 cm³/mol. The van der Waals surface area contributed by atoms with Crippen molar-refractivity contribution in [2.75, 3.05) is 18.4 Å². The van der Waals surface area contributed by atoms with Gasteiger partial charge in [0.2, 0.25) is 5.95 Å². The summed E-state index contributed by atoms with van der Waals surface area (Å²) >= 11 is 0. The van der Waals surface area contributed by atoms with Gasteiger partial charge in [-0.25, -0.2) is 19.6 Å². The van der Waals surface area contributed by atoms with Gasteiger partial charge in [-0.15, -0.1) is 0 Å². The average Bonchev–Trinajstić information content (AvgIpc) is 3.05. The summed E-state index contributed by atoms with van der Waals surface area (Å²) in [6.45, 7) is 6.61. The van der Waals surface area contributed by atoms with Gasteiger partial charge in [0.25, 0.3) is 5.56 Å². The maximum Gasteiger partial charge on any atom is 0.293 e. The predicted octanol–water partition coefficient (Wildman–Crippen LogP) is 1.30. The second-order valence-electron chi connectivity index (χ2n) is 7.26. The summed E-state index contributed by atoms with van der Waals surface area (Å²) in [6, 6.07) is 8.20. The van der Waals surface area contributed by atoms with Crippen LogP contribution in [-0.2, 0) is 13.1 Å². The van der Waals surface area contributed by atoms with E-state index in [-0.39, 0.29) is 12.1 Å². The third kappa shape index (κ3) is 3.03. The molecular weight excluding hydrogens is 368 g/mol. The standard InChI is InChI=1S/C20H22N8O/c1-3-27-18-16(26-20(27)24-13-8-21-9-13)10-22-28(19(18)29)11-17-23-12(2)14-6-4-5-7-15(14)25-17/h4-7,10,13,21H,3,8-9,11H2,1-2H3,(H,24,26). The molecule has 148 valence electrons. The minimum atomic E-state index is -0.189. The summed E-state index contributed by atoms with van der Waals surface area (Å²) in [6.07, 6.45) is 1.64. The van der Waals surface area contributed by atoms with Gasteiger partial charge in [-0.1, -0.05) is 18.2 Å². The quantitative estimate of drug-likeness (QED) is 0.529. The molecule has 0 atom stereocenters. The topological polar surface area (TPSA) is 103 Å². The molecule has 9 heteroatoms. The average molecular weight is 390 g/mol. The van der Waals surface area contributed by atoms with E-state index in [1.807, 2.05) is 42.7 Å². The maximum atomic E-state index is 13.2. The molecule has 1 saturated heterocycles. The first-order chi connectivity index (χ1) is 14.1. The molecule has 0 bridgehead atoms. The summed E-state index contributed by atoms with van der Waals surface area (Å²) in [5, 5.41) is 12.0. The molecule has 3 aromatic heterocycles. The molecule has 0 radical (unpaired) electrons. The van der Waals surface area contributed by atoms with E-state index in [9.17, 15) is 4.79 Å². The first kappa shape index (κ1) is 17.7. The van der Waals surface area contributed by atoms with Crippen LogP contribution in [0.4, 0.5) is 5.95 Å². The number of imidazole rings is 1. The third-order valence-electron chi connectivity index (χ3n) is 5.31. The minimum Gasteiger partial charge on any atom is -0.350 e. The highest BCUT2D eigenvalue weighted by atomic mass is 16.1. The number of hydrogen-bond acceptors (Lipinski definition) is 7.